The Labute approximate surface area is 60.5 Å². The van der Waals surface area contributed by atoms with Crippen LogP contribution in [0.3, 0.4) is 0 Å². The minimum absolute atomic E-state index is 0.433. The van der Waals surface area contributed by atoms with Gasteiger partial charge in [-0.05, 0) is 6.92 Å². The molecule has 0 bridgehead atoms. The molecule has 0 rings (SSSR count). The van der Waals surface area contributed by atoms with Gasteiger partial charge in [-0.3, -0.25) is 0 Å². The number of carboxylic acids is 1. The van der Waals surface area contributed by atoms with E-state index in [0.29, 0.717) is 6.42 Å². The summed E-state index contributed by atoms with van der Waals surface area (Å²) in [5.74, 6) is -0.879. The Bertz CT molecular complexity index is 161. The minimum Gasteiger partial charge on any atom is -0.477 e. The lowest BCUT2D eigenvalue weighted by molar-refractivity contribution is -0.455. The van der Waals surface area contributed by atoms with Gasteiger partial charge in [0.25, 0.3) is 0 Å². The van der Waals surface area contributed by atoms with Crippen molar-refractivity contribution in [3.8, 4) is 0 Å². The largest absolute Gasteiger partial charge is 0.477 e. The van der Waals surface area contributed by atoms with Crippen molar-refractivity contribution in [2.75, 3.05) is 0 Å². The summed E-state index contributed by atoms with van der Waals surface area (Å²) >= 11 is 0. The number of carboxylic acid groups (broad SMARTS) is 1. The highest BCUT2D eigenvalue weighted by Gasteiger charge is 2.31. The predicted molar refractivity (Wildman–Crippen MR) is 38.4 cm³/mol. The van der Waals surface area contributed by atoms with E-state index in [0.717, 1.165) is 5.57 Å². The van der Waals surface area contributed by atoms with E-state index in [9.17, 15) is 4.79 Å². The normalized spacial score (nSPS) is 15.9. The highest BCUT2D eigenvalue weighted by atomic mass is 16.4. The molecule has 0 fully saturated rings. The first-order chi connectivity index (χ1) is 4.36. The molecule has 58 valence electrons. The zero-order chi connectivity index (χ0) is 8.36. The van der Waals surface area contributed by atoms with E-state index in [2.05, 4.69) is 12.3 Å². The average Bonchev–Trinajstić information content (AvgIpc) is 1.60. The molecule has 0 radical (unpaired) electrons. The van der Waals surface area contributed by atoms with Crippen LogP contribution in [0.2, 0.25) is 0 Å². The molecule has 0 aromatic carbocycles. The van der Waals surface area contributed by atoms with Gasteiger partial charge in [0, 0.05) is 13.3 Å². The Hall–Kier alpha value is -0.830. The van der Waals surface area contributed by atoms with E-state index in [-0.39, 0.29) is 0 Å². The fourth-order valence-corrected chi connectivity index (χ4v) is 0.742. The van der Waals surface area contributed by atoms with Gasteiger partial charge in [0.05, 0.1) is 0 Å². The predicted octanol–water partition coefficient (Wildman–Crippen LogP) is 0.0378. The zero-order valence-electron chi connectivity index (χ0n) is 6.48. The quantitative estimate of drug-likeness (QED) is 0.549. The summed E-state index contributed by atoms with van der Waals surface area (Å²) in [5, 5.41) is 8.59. The van der Waals surface area contributed by atoms with Crippen molar-refractivity contribution in [1.29, 1.82) is 0 Å². The van der Waals surface area contributed by atoms with Gasteiger partial charge in [-0.2, -0.15) is 0 Å². The topological polar surface area (TPSA) is 64.9 Å². The fourth-order valence-electron chi connectivity index (χ4n) is 0.742. The van der Waals surface area contributed by atoms with Crippen molar-refractivity contribution >= 4 is 5.97 Å². The molecule has 4 N–H and O–H groups in total. The smallest absolute Gasteiger partial charge is 0.365 e. The molecule has 1 unspecified atom stereocenters. The number of hydrogen-bond donors (Lipinski definition) is 2. The highest BCUT2D eigenvalue weighted by molar-refractivity contribution is 5.76. The van der Waals surface area contributed by atoms with Crippen LogP contribution < -0.4 is 5.73 Å². The molecule has 3 heteroatoms. The first kappa shape index (κ1) is 9.17. The lowest BCUT2D eigenvalue weighted by atomic mass is 9.96. The molecule has 0 saturated heterocycles. The minimum atomic E-state index is -0.911. The van der Waals surface area contributed by atoms with E-state index in [1.807, 2.05) is 0 Å². The third kappa shape index (κ3) is 2.64. The molecule has 10 heavy (non-hydrogen) atoms. The van der Waals surface area contributed by atoms with Crippen molar-refractivity contribution < 1.29 is 15.6 Å². The maximum atomic E-state index is 10.5. The number of aliphatic carboxylic acids is 1. The summed E-state index contributed by atoms with van der Waals surface area (Å²) in [6, 6.07) is 0. The van der Waals surface area contributed by atoms with Crippen LogP contribution in [0.25, 0.3) is 0 Å². The maximum absolute atomic E-state index is 10.5. The Kier molecular flexibility index (Phi) is 2.60. The molecule has 3 nitrogen and oxygen atoms in total. The Morgan fingerprint density at radius 2 is 2.20 bits per heavy atom. The van der Waals surface area contributed by atoms with Crippen LogP contribution in [0.4, 0.5) is 0 Å². The Morgan fingerprint density at radius 3 is 2.30 bits per heavy atom. The van der Waals surface area contributed by atoms with Crippen LogP contribution in [0.1, 0.15) is 20.3 Å². The van der Waals surface area contributed by atoms with Crippen molar-refractivity contribution in [1.82, 2.24) is 0 Å². The van der Waals surface area contributed by atoms with E-state index in [1.165, 1.54) is 0 Å². The van der Waals surface area contributed by atoms with Gasteiger partial charge >= 0.3 is 5.97 Å². The maximum Gasteiger partial charge on any atom is 0.365 e. The standard InChI is InChI=1S/C7H13NO2/c1-5(2)4-7(3,8)6(9)10/h1,4,8H2,2-3H3,(H,9,10)/p+1. The van der Waals surface area contributed by atoms with E-state index in [4.69, 9.17) is 5.11 Å². The van der Waals surface area contributed by atoms with Crippen molar-refractivity contribution in [2.24, 2.45) is 0 Å². The second-order valence-electron chi connectivity index (χ2n) is 3.00. The molecule has 0 aromatic rings. The zero-order valence-corrected chi connectivity index (χ0v) is 6.48. The van der Waals surface area contributed by atoms with Crippen LogP contribution in [0.5, 0.6) is 0 Å². The lowest BCUT2D eigenvalue weighted by Crippen LogP contribution is -2.75. The molecular weight excluding hydrogens is 130 g/mol. The van der Waals surface area contributed by atoms with Crippen LogP contribution in [-0.4, -0.2) is 16.6 Å². The molecule has 0 aliphatic rings. The van der Waals surface area contributed by atoms with Crippen molar-refractivity contribution in [2.45, 2.75) is 25.8 Å². The summed E-state index contributed by atoms with van der Waals surface area (Å²) in [4.78, 5) is 10.5. The van der Waals surface area contributed by atoms with Gasteiger partial charge in [0.1, 0.15) is 0 Å². The summed E-state index contributed by atoms with van der Waals surface area (Å²) < 4.78 is 0. The summed E-state index contributed by atoms with van der Waals surface area (Å²) in [6.07, 6.45) is 0.433. The van der Waals surface area contributed by atoms with Gasteiger partial charge in [0.2, 0.25) is 0 Å². The van der Waals surface area contributed by atoms with Crippen LogP contribution >= 0.6 is 0 Å². The summed E-state index contributed by atoms with van der Waals surface area (Å²) in [7, 11) is 0. The number of hydrogen-bond acceptors (Lipinski definition) is 1. The van der Waals surface area contributed by atoms with Gasteiger partial charge < -0.3 is 10.8 Å². The molecule has 0 amide bonds. The second kappa shape index (κ2) is 2.84. The third-order valence-corrected chi connectivity index (χ3v) is 1.21. The molecule has 0 saturated carbocycles. The fraction of sp³-hybridized carbons (Fsp3) is 0.571. The van der Waals surface area contributed by atoms with Crippen LogP contribution in [0.15, 0.2) is 12.2 Å². The van der Waals surface area contributed by atoms with E-state index >= 15 is 0 Å². The Morgan fingerprint density at radius 1 is 1.80 bits per heavy atom. The summed E-state index contributed by atoms with van der Waals surface area (Å²) in [6.45, 7) is 7.00. The van der Waals surface area contributed by atoms with E-state index < -0.39 is 11.5 Å². The van der Waals surface area contributed by atoms with Gasteiger partial charge in [-0.15, -0.1) is 0 Å². The molecule has 0 aliphatic heterocycles. The average molecular weight is 144 g/mol. The summed E-state index contributed by atoms with van der Waals surface area (Å²) in [5.41, 5.74) is 3.49. The SMILES string of the molecule is C=C(C)CC(C)([NH3+])C(=O)O. The molecule has 0 aromatic heterocycles. The van der Waals surface area contributed by atoms with Gasteiger partial charge in [-0.1, -0.05) is 12.2 Å². The first-order valence-electron chi connectivity index (χ1n) is 3.09. The van der Waals surface area contributed by atoms with Crippen molar-refractivity contribution in [3.63, 3.8) is 0 Å². The molecule has 0 heterocycles. The molecular formula is C7H14NO2+. The van der Waals surface area contributed by atoms with Crippen LogP contribution in [0, 0.1) is 0 Å². The van der Waals surface area contributed by atoms with Gasteiger partial charge in [0.15, 0.2) is 5.54 Å². The third-order valence-electron chi connectivity index (χ3n) is 1.21. The molecule has 1 atom stereocenters. The monoisotopic (exact) mass is 144 g/mol. The van der Waals surface area contributed by atoms with Crippen LogP contribution in [-0.2, 0) is 4.79 Å². The highest BCUT2D eigenvalue weighted by Crippen LogP contribution is 2.09. The van der Waals surface area contributed by atoms with Gasteiger partial charge in [-0.25, -0.2) is 4.79 Å². The molecule has 0 aliphatic carbocycles. The Balaban J connectivity index is 4.13. The molecule has 0 spiro atoms. The number of quaternary nitrogens is 1. The first-order valence-corrected chi connectivity index (χ1v) is 3.09. The van der Waals surface area contributed by atoms with Crippen molar-refractivity contribution in [3.05, 3.63) is 12.2 Å². The van der Waals surface area contributed by atoms with E-state index in [1.54, 1.807) is 13.8 Å². The second-order valence-corrected chi connectivity index (χ2v) is 3.00. The number of rotatable bonds is 3. The lowest BCUT2D eigenvalue weighted by Gasteiger charge is -2.14. The number of carbonyl (C=O) groups is 1.